The summed E-state index contributed by atoms with van der Waals surface area (Å²) in [5, 5.41) is 0.814. The molecule has 0 amide bonds. The van der Waals surface area contributed by atoms with Crippen LogP contribution in [0.4, 0.5) is 0 Å². The average Bonchev–Trinajstić information content (AvgIpc) is 2.49. The van der Waals surface area contributed by atoms with Crippen LogP contribution in [0.3, 0.4) is 0 Å². The Bertz CT molecular complexity index is 386. The first-order chi connectivity index (χ1) is 7.49. The molecule has 0 aliphatic heterocycles. The summed E-state index contributed by atoms with van der Waals surface area (Å²) in [6.45, 7) is 8.88. The molecule has 1 aliphatic carbocycles. The largest absolute Gasteiger partial charge is 0.0990 e. The Balaban J connectivity index is 2.07. The van der Waals surface area contributed by atoms with Crippen molar-refractivity contribution in [3.8, 4) is 0 Å². The average molecular weight is 235 g/mol. The van der Waals surface area contributed by atoms with Crippen molar-refractivity contribution in [2.45, 2.75) is 33.1 Å². The molecule has 1 saturated carbocycles. The molecular weight excluding hydrogens is 216 g/mol. The van der Waals surface area contributed by atoms with Gasteiger partial charge in [0.15, 0.2) is 0 Å². The van der Waals surface area contributed by atoms with Gasteiger partial charge in [-0.3, -0.25) is 0 Å². The number of benzene rings is 1. The molecule has 1 aliphatic rings. The minimum absolute atomic E-state index is 0.330. The van der Waals surface area contributed by atoms with E-state index in [4.69, 9.17) is 11.6 Å². The number of rotatable bonds is 2. The van der Waals surface area contributed by atoms with Gasteiger partial charge in [-0.25, -0.2) is 0 Å². The van der Waals surface area contributed by atoms with Gasteiger partial charge in [0.1, 0.15) is 0 Å². The summed E-state index contributed by atoms with van der Waals surface area (Å²) >= 11 is 5.88. The molecule has 1 heteroatoms. The number of allylic oxidation sites excluding steroid dienone is 1. The summed E-state index contributed by atoms with van der Waals surface area (Å²) in [7, 11) is 0. The second kappa shape index (κ2) is 4.25. The molecule has 1 aromatic rings. The topological polar surface area (TPSA) is 0 Å². The van der Waals surface area contributed by atoms with Crippen molar-refractivity contribution in [3.63, 3.8) is 0 Å². The maximum absolute atomic E-state index is 5.88. The molecule has 2 rings (SSSR count). The molecule has 0 heterocycles. The molecule has 1 unspecified atom stereocenters. The van der Waals surface area contributed by atoms with Crippen LogP contribution in [-0.4, -0.2) is 0 Å². The summed E-state index contributed by atoms with van der Waals surface area (Å²) in [6, 6.07) is 8.20. The van der Waals surface area contributed by atoms with E-state index in [2.05, 4.69) is 32.6 Å². The summed E-state index contributed by atoms with van der Waals surface area (Å²) in [5.74, 6) is 0.649. The maximum Gasteiger partial charge on any atom is 0.0406 e. The van der Waals surface area contributed by atoms with Crippen LogP contribution in [0.25, 0.3) is 0 Å². The molecule has 0 nitrogen and oxygen atoms in total. The third kappa shape index (κ3) is 2.32. The summed E-state index contributed by atoms with van der Waals surface area (Å²) < 4.78 is 0. The molecule has 0 N–H and O–H groups in total. The van der Waals surface area contributed by atoms with Gasteiger partial charge in [0.2, 0.25) is 0 Å². The van der Waals surface area contributed by atoms with Gasteiger partial charge in [-0.15, -0.1) is 0 Å². The molecule has 86 valence electrons. The van der Waals surface area contributed by atoms with Gasteiger partial charge in [-0.1, -0.05) is 49.7 Å². The van der Waals surface area contributed by atoms with Crippen LogP contribution in [0, 0.1) is 11.3 Å². The monoisotopic (exact) mass is 234 g/mol. The second-order valence-corrected chi connectivity index (χ2v) is 5.91. The highest BCUT2D eigenvalue weighted by Crippen LogP contribution is 2.46. The lowest BCUT2D eigenvalue weighted by atomic mass is 9.84. The van der Waals surface area contributed by atoms with E-state index >= 15 is 0 Å². The Hall–Kier alpha value is -0.750. The standard InChI is InChI=1S/C15H19Cl/c1-11-13(8-9-15(11,2)3)10-12-4-6-14(16)7-5-12/h4-7,13H,1,8-10H2,2-3H3. The lowest BCUT2D eigenvalue weighted by Gasteiger charge is -2.21. The Morgan fingerprint density at radius 2 is 1.94 bits per heavy atom. The molecule has 0 spiro atoms. The minimum Gasteiger partial charge on any atom is -0.0990 e. The highest BCUT2D eigenvalue weighted by Gasteiger charge is 2.34. The highest BCUT2D eigenvalue weighted by atomic mass is 35.5. The lowest BCUT2D eigenvalue weighted by molar-refractivity contribution is 0.462. The molecule has 1 fully saturated rings. The van der Waals surface area contributed by atoms with E-state index in [1.165, 1.54) is 24.0 Å². The lowest BCUT2D eigenvalue weighted by Crippen LogP contribution is -2.10. The fourth-order valence-electron chi connectivity index (χ4n) is 2.55. The Labute approximate surface area is 103 Å². The van der Waals surface area contributed by atoms with Crippen molar-refractivity contribution in [2.75, 3.05) is 0 Å². The molecular formula is C15H19Cl. The van der Waals surface area contributed by atoms with Crippen LogP contribution < -0.4 is 0 Å². The van der Waals surface area contributed by atoms with E-state index in [1.54, 1.807) is 0 Å². The smallest absolute Gasteiger partial charge is 0.0406 e. The summed E-state index contributed by atoms with van der Waals surface area (Å²) in [4.78, 5) is 0. The molecule has 16 heavy (non-hydrogen) atoms. The van der Waals surface area contributed by atoms with E-state index in [0.29, 0.717) is 11.3 Å². The quantitative estimate of drug-likeness (QED) is 0.640. The van der Waals surface area contributed by atoms with E-state index < -0.39 is 0 Å². The van der Waals surface area contributed by atoms with E-state index in [9.17, 15) is 0 Å². The van der Waals surface area contributed by atoms with E-state index in [0.717, 1.165) is 11.4 Å². The highest BCUT2D eigenvalue weighted by molar-refractivity contribution is 6.30. The van der Waals surface area contributed by atoms with Crippen molar-refractivity contribution >= 4 is 11.6 Å². The van der Waals surface area contributed by atoms with Crippen LogP contribution in [0.2, 0.25) is 5.02 Å². The fraction of sp³-hybridized carbons (Fsp3) is 0.467. The van der Waals surface area contributed by atoms with Gasteiger partial charge in [0, 0.05) is 5.02 Å². The molecule has 0 radical (unpaired) electrons. The Kier molecular flexibility index (Phi) is 3.12. The number of hydrogen-bond donors (Lipinski definition) is 0. The molecule has 1 aromatic carbocycles. The number of hydrogen-bond acceptors (Lipinski definition) is 0. The van der Waals surface area contributed by atoms with Gasteiger partial charge in [0.25, 0.3) is 0 Å². The zero-order chi connectivity index (χ0) is 11.8. The fourth-order valence-corrected chi connectivity index (χ4v) is 2.68. The Morgan fingerprint density at radius 1 is 1.31 bits per heavy atom. The first-order valence-corrected chi connectivity index (χ1v) is 6.30. The first-order valence-electron chi connectivity index (χ1n) is 5.93. The van der Waals surface area contributed by atoms with Crippen LogP contribution >= 0.6 is 11.6 Å². The van der Waals surface area contributed by atoms with Crippen LogP contribution in [0.15, 0.2) is 36.4 Å². The predicted molar refractivity (Wildman–Crippen MR) is 70.8 cm³/mol. The zero-order valence-corrected chi connectivity index (χ0v) is 10.8. The third-order valence-electron chi connectivity index (χ3n) is 3.88. The van der Waals surface area contributed by atoms with Crippen molar-refractivity contribution in [1.29, 1.82) is 0 Å². The normalized spacial score (nSPS) is 23.7. The van der Waals surface area contributed by atoms with Crippen LogP contribution in [0.1, 0.15) is 32.3 Å². The van der Waals surface area contributed by atoms with Gasteiger partial charge in [0.05, 0.1) is 0 Å². The van der Waals surface area contributed by atoms with Crippen molar-refractivity contribution in [3.05, 3.63) is 47.0 Å². The first kappa shape index (κ1) is 11.7. The number of halogens is 1. The molecule has 0 aromatic heterocycles. The van der Waals surface area contributed by atoms with Crippen LogP contribution in [0.5, 0.6) is 0 Å². The van der Waals surface area contributed by atoms with Crippen molar-refractivity contribution in [2.24, 2.45) is 11.3 Å². The van der Waals surface area contributed by atoms with Gasteiger partial charge >= 0.3 is 0 Å². The van der Waals surface area contributed by atoms with Crippen molar-refractivity contribution < 1.29 is 0 Å². The Morgan fingerprint density at radius 3 is 2.44 bits per heavy atom. The van der Waals surface area contributed by atoms with E-state index in [1.807, 2.05) is 12.1 Å². The minimum atomic E-state index is 0.330. The molecule has 0 bridgehead atoms. The third-order valence-corrected chi connectivity index (χ3v) is 4.13. The SMILES string of the molecule is C=C1C(Cc2ccc(Cl)cc2)CCC1(C)C. The van der Waals surface area contributed by atoms with Gasteiger partial charge in [-0.05, 0) is 48.3 Å². The van der Waals surface area contributed by atoms with Crippen molar-refractivity contribution in [1.82, 2.24) is 0 Å². The summed E-state index contributed by atoms with van der Waals surface area (Å²) in [6.07, 6.45) is 3.65. The van der Waals surface area contributed by atoms with Gasteiger partial charge < -0.3 is 0 Å². The molecule has 1 atom stereocenters. The summed E-state index contributed by atoms with van der Waals surface area (Å²) in [5.41, 5.74) is 3.12. The maximum atomic E-state index is 5.88. The second-order valence-electron chi connectivity index (χ2n) is 5.48. The van der Waals surface area contributed by atoms with E-state index in [-0.39, 0.29) is 0 Å². The predicted octanol–water partition coefficient (Wildman–Crippen LogP) is 4.87. The van der Waals surface area contributed by atoms with Gasteiger partial charge in [-0.2, -0.15) is 0 Å². The zero-order valence-electron chi connectivity index (χ0n) is 10.1. The van der Waals surface area contributed by atoms with Crippen LogP contribution in [-0.2, 0) is 6.42 Å². The molecule has 0 saturated heterocycles.